The minimum absolute atomic E-state index is 0.284. The highest BCUT2D eigenvalue weighted by molar-refractivity contribution is 5.34. The highest BCUT2D eigenvalue weighted by Crippen LogP contribution is 2.21. The van der Waals surface area contributed by atoms with Crippen molar-refractivity contribution in [1.29, 1.82) is 5.26 Å². The first-order valence-corrected chi connectivity index (χ1v) is 4.39. The molecule has 0 unspecified atom stereocenters. The summed E-state index contributed by atoms with van der Waals surface area (Å²) in [5.74, 6) is 0. The Bertz CT molecular complexity index is 317. The van der Waals surface area contributed by atoms with E-state index >= 15 is 0 Å². The van der Waals surface area contributed by atoms with Gasteiger partial charge in [-0.3, -0.25) is 0 Å². The van der Waals surface area contributed by atoms with Gasteiger partial charge in [0.1, 0.15) is 0 Å². The molecule has 0 heterocycles. The van der Waals surface area contributed by atoms with E-state index in [1.165, 1.54) is 0 Å². The van der Waals surface area contributed by atoms with E-state index in [0.29, 0.717) is 5.56 Å². The molecule has 1 rings (SSSR count). The molecule has 1 aromatic carbocycles. The Morgan fingerprint density at radius 2 is 1.92 bits per heavy atom. The summed E-state index contributed by atoms with van der Waals surface area (Å²) >= 11 is 0. The molecule has 2 heteroatoms. The topological polar surface area (TPSA) is 49.8 Å². The lowest BCUT2D eigenvalue weighted by Gasteiger charge is -2.23. The number of rotatable bonds is 2. The Balaban J connectivity index is 3.00. The maximum atomic E-state index is 8.61. The summed E-state index contributed by atoms with van der Waals surface area (Å²) in [6.07, 6.45) is 0.888. The minimum atomic E-state index is -0.284. The number of hydrogen-bond donors (Lipinski definition) is 1. The molecule has 1 aromatic rings. The fraction of sp³-hybridized carbons (Fsp3) is 0.364. The lowest BCUT2D eigenvalue weighted by molar-refractivity contribution is 0.476. The number of nitriles is 1. The van der Waals surface area contributed by atoms with E-state index in [2.05, 4.69) is 13.0 Å². The first kappa shape index (κ1) is 9.76. The Morgan fingerprint density at radius 1 is 1.38 bits per heavy atom. The first-order valence-electron chi connectivity index (χ1n) is 4.39. The van der Waals surface area contributed by atoms with Crippen LogP contribution in [0.3, 0.4) is 0 Å². The second-order valence-corrected chi connectivity index (χ2v) is 3.46. The molecule has 1 atom stereocenters. The number of nitrogens with zero attached hydrogens (tertiary/aromatic N) is 1. The van der Waals surface area contributed by atoms with E-state index in [4.69, 9.17) is 11.0 Å². The van der Waals surface area contributed by atoms with Crippen molar-refractivity contribution in [2.45, 2.75) is 25.8 Å². The van der Waals surface area contributed by atoms with Crippen molar-refractivity contribution in [1.82, 2.24) is 0 Å². The second kappa shape index (κ2) is 3.59. The standard InChI is InChI=1S/C11H14N2/c1-3-11(2,13)10-6-4-9(8-12)5-7-10/h4-7H,3,13H2,1-2H3/t11-/m0/s1. The highest BCUT2D eigenvalue weighted by atomic mass is 14.7. The lowest BCUT2D eigenvalue weighted by Crippen LogP contribution is -2.31. The van der Waals surface area contributed by atoms with Gasteiger partial charge in [0, 0.05) is 5.54 Å². The quantitative estimate of drug-likeness (QED) is 0.746. The summed E-state index contributed by atoms with van der Waals surface area (Å²) in [5.41, 5.74) is 7.52. The number of hydrogen-bond acceptors (Lipinski definition) is 2. The van der Waals surface area contributed by atoms with Gasteiger partial charge in [0.25, 0.3) is 0 Å². The van der Waals surface area contributed by atoms with E-state index in [1.54, 1.807) is 12.1 Å². The smallest absolute Gasteiger partial charge is 0.0991 e. The lowest BCUT2D eigenvalue weighted by atomic mass is 9.90. The monoisotopic (exact) mass is 174 g/mol. The van der Waals surface area contributed by atoms with Crippen molar-refractivity contribution in [3.8, 4) is 6.07 Å². The van der Waals surface area contributed by atoms with E-state index in [1.807, 2.05) is 19.1 Å². The third kappa shape index (κ3) is 2.07. The molecule has 0 radical (unpaired) electrons. The maximum Gasteiger partial charge on any atom is 0.0991 e. The molecule has 0 aliphatic heterocycles. The third-order valence-electron chi connectivity index (χ3n) is 2.41. The zero-order valence-corrected chi connectivity index (χ0v) is 8.04. The summed E-state index contributed by atoms with van der Waals surface area (Å²) in [5, 5.41) is 8.61. The zero-order chi connectivity index (χ0) is 9.90. The molecule has 0 saturated carbocycles. The van der Waals surface area contributed by atoms with Crippen molar-refractivity contribution in [2.24, 2.45) is 5.73 Å². The SMILES string of the molecule is CC[C@](C)(N)c1ccc(C#N)cc1. The van der Waals surface area contributed by atoms with Crippen LogP contribution in [0.4, 0.5) is 0 Å². The van der Waals surface area contributed by atoms with Crippen molar-refractivity contribution in [3.05, 3.63) is 35.4 Å². The normalized spacial score (nSPS) is 14.6. The number of benzene rings is 1. The molecule has 2 N–H and O–H groups in total. The molecule has 0 saturated heterocycles. The van der Waals surface area contributed by atoms with Gasteiger partial charge in [-0.05, 0) is 31.0 Å². The van der Waals surface area contributed by atoms with Crippen LogP contribution in [-0.4, -0.2) is 0 Å². The summed E-state index contributed by atoms with van der Waals surface area (Å²) < 4.78 is 0. The van der Waals surface area contributed by atoms with E-state index in [-0.39, 0.29) is 5.54 Å². The average molecular weight is 174 g/mol. The highest BCUT2D eigenvalue weighted by Gasteiger charge is 2.17. The molecule has 0 amide bonds. The molecule has 0 aliphatic rings. The van der Waals surface area contributed by atoms with Crippen LogP contribution in [0, 0.1) is 11.3 Å². The van der Waals surface area contributed by atoms with Crippen LogP contribution in [0.25, 0.3) is 0 Å². The van der Waals surface area contributed by atoms with Crippen LogP contribution in [-0.2, 0) is 5.54 Å². The summed E-state index contributed by atoms with van der Waals surface area (Å²) in [6.45, 7) is 4.05. The number of nitrogens with two attached hydrogens (primary N) is 1. The van der Waals surface area contributed by atoms with Crippen LogP contribution in [0.1, 0.15) is 31.4 Å². The Labute approximate surface area is 79.0 Å². The van der Waals surface area contributed by atoms with Crippen molar-refractivity contribution in [3.63, 3.8) is 0 Å². The molecule has 13 heavy (non-hydrogen) atoms. The van der Waals surface area contributed by atoms with Crippen LogP contribution in [0.15, 0.2) is 24.3 Å². The van der Waals surface area contributed by atoms with E-state index in [0.717, 1.165) is 12.0 Å². The molecule has 0 aliphatic carbocycles. The first-order chi connectivity index (χ1) is 6.10. The van der Waals surface area contributed by atoms with Gasteiger partial charge in [-0.25, -0.2) is 0 Å². The summed E-state index contributed by atoms with van der Waals surface area (Å²) in [6, 6.07) is 9.52. The average Bonchev–Trinajstić information content (AvgIpc) is 2.18. The summed E-state index contributed by atoms with van der Waals surface area (Å²) in [4.78, 5) is 0. The Morgan fingerprint density at radius 3 is 2.31 bits per heavy atom. The molecule has 0 aromatic heterocycles. The van der Waals surface area contributed by atoms with E-state index < -0.39 is 0 Å². The molecule has 2 nitrogen and oxygen atoms in total. The molecular formula is C11H14N2. The van der Waals surface area contributed by atoms with Gasteiger partial charge in [-0.15, -0.1) is 0 Å². The van der Waals surface area contributed by atoms with Gasteiger partial charge in [-0.1, -0.05) is 19.1 Å². The predicted octanol–water partition coefficient (Wildman–Crippen LogP) is 2.14. The van der Waals surface area contributed by atoms with Crippen LogP contribution in [0.2, 0.25) is 0 Å². The Kier molecular flexibility index (Phi) is 2.69. The zero-order valence-electron chi connectivity index (χ0n) is 8.04. The molecular weight excluding hydrogens is 160 g/mol. The fourth-order valence-electron chi connectivity index (χ4n) is 1.13. The molecule has 0 spiro atoms. The van der Waals surface area contributed by atoms with Crippen LogP contribution in [0.5, 0.6) is 0 Å². The van der Waals surface area contributed by atoms with Gasteiger partial charge in [0.15, 0.2) is 0 Å². The Hall–Kier alpha value is -1.33. The van der Waals surface area contributed by atoms with Crippen molar-refractivity contribution < 1.29 is 0 Å². The van der Waals surface area contributed by atoms with Crippen LogP contribution >= 0.6 is 0 Å². The van der Waals surface area contributed by atoms with Gasteiger partial charge in [0.05, 0.1) is 11.6 Å². The fourth-order valence-corrected chi connectivity index (χ4v) is 1.13. The molecule has 0 fully saturated rings. The van der Waals surface area contributed by atoms with E-state index in [9.17, 15) is 0 Å². The third-order valence-corrected chi connectivity index (χ3v) is 2.41. The minimum Gasteiger partial charge on any atom is -0.322 e. The molecule has 0 bridgehead atoms. The van der Waals surface area contributed by atoms with Gasteiger partial charge in [-0.2, -0.15) is 5.26 Å². The second-order valence-electron chi connectivity index (χ2n) is 3.46. The van der Waals surface area contributed by atoms with Crippen molar-refractivity contribution >= 4 is 0 Å². The van der Waals surface area contributed by atoms with Gasteiger partial charge < -0.3 is 5.73 Å². The van der Waals surface area contributed by atoms with Crippen LogP contribution < -0.4 is 5.73 Å². The van der Waals surface area contributed by atoms with Gasteiger partial charge in [0.2, 0.25) is 0 Å². The maximum absolute atomic E-state index is 8.61. The van der Waals surface area contributed by atoms with Crippen molar-refractivity contribution in [2.75, 3.05) is 0 Å². The molecule has 68 valence electrons. The van der Waals surface area contributed by atoms with Gasteiger partial charge >= 0.3 is 0 Å². The summed E-state index contributed by atoms with van der Waals surface area (Å²) in [7, 11) is 0. The largest absolute Gasteiger partial charge is 0.322 e. The predicted molar refractivity (Wildman–Crippen MR) is 53.0 cm³/mol.